The molecule has 4 rings (SSSR count). The molecule has 0 spiro atoms. The first-order valence-electron chi connectivity index (χ1n) is 9.00. The molecule has 0 amide bonds. The third-order valence-corrected chi connectivity index (χ3v) is 4.75. The zero-order valence-corrected chi connectivity index (χ0v) is 15.5. The fraction of sp³-hybridized carbons (Fsp3) is 0.143. The van der Waals surface area contributed by atoms with Crippen LogP contribution in [0.1, 0.15) is 17.2 Å². The third kappa shape index (κ3) is 3.91. The van der Waals surface area contributed by atoms with Gasteiger partial charge in [0, 0.05) is 17.8 Å². The van der Waals surface area contributed by atoms with Crippen molar-refractivity contribution in [2.45, 2.75) is 18.4 Å². The summed E-state index contributed by atoms with van der Waals surface area (Å²) in [5, 5.41) is 10.4. The first-order chi connectivity index (χ1) is 14.4. The van der Waals surface area contributed by atoms with E-state index in [-0.39, 0.29) is 5.56 Å². The first kappa shape index (κ1) is 19.7. The highest BCUT2D eigenvalue weighted by Gasteiger charge is 2.45. The van der Waals surface area contributed by atoms with E-state index in [1.165, 1.54) is 18.3 Å². The van der Waals surface area contributed by atoms with E-state index in [1.807, 2.05) is 30.3 Å². The van der Waals surface area contributed by atoms with Crippen LogP contribution in [0.2, 0.25) is 0 Å². The van der Waals surface area contributed by atoms with Crippen molar-refractivity contribution >= 4 is 0 Å². The number of aromatic nitrogens is 5. The van der Waals surface area contributed by atoms with Gasteiger partial charge in [-0.05, 0) is 33.7 Å². The fourth-order valence-corrected chi connectivity index (χ4v) is 3.21. The van der Waals surface area contributed by atoms with Gasteiger partial charge in [-0.15, -0.1) is 5.10 Å². The predicted octanol–water partition coefficient (Wildman–Crippen LogP) is 4.59. The average Bonchev–Trinajstić information content (AvgIpc) is 3.27. The van der Waals surface area contributed by atoms with Crippen LogP contribution < -0.4 is 0 Å². The van der Waals surface area contributed by atoms with Crippen molar-refractivity contribution in [2.75, 3.05) is 0 Å². The number of alkyl halides is 2. The second kappa shape index (κ2) is 8.02. The smallest absolute Gasteiger partial charge is 0.254 e. The Morgan fingerprint density at radius 3 is 2.37 bits per heavy atom. The monoisotopic (exact) mass is 413 g/mol. The first-order valence-corrected chi connectivity index (χ1v) is 9.00. The summed E-state index contributed by atoms with van der Waals surface area (Å²) in [5.41, 5.74) is 0.602. The molecule has 1 unspecified atom stereocenters. The summed E-state index contributed by atoms with van der Waals surface area (Å²) in [5.74, 6) is -7.23. The van der Waals surface area contributed by atoms with Gasteiger partial charge >= 0.3 is 0 Å². The topological polar surface area (TPSA) is 56.5 Å². The maximum atomic E-state index is 15.5. The Balaban J connectivity index is 1.73. The molecule has 0 saturated heterocycles. The van der Waals surface area contributed by atoms with Crippen molar-refractivity contribution in [1.29, 1.82) is 0 Å². The van der Waals surface area contributed by atoms with Crippen molar-refractivity contribution in [3.63, 3.8) is 0 Å². The van der Waals surface area contributed by atoms with Gasteiger partial charge < -0.3 is 0 Å². The van der Waals surface area contributed by atoms with Crippen LogP contribution in [0.25, 0.3) is 11.1 Å². The summed E-state index contributed by atoms with van der Waals surface area (Å²) in [6, 6.07) is 14.4. The minimum absolute atomic E-state index is 0.356. The van der Waals surface area contributed by atoms with Crippen LogP contribution in [-0.2, 0) is 12.5 Å². The van der Waals surface area contributed by atoms with E-state index in [1.54, 1.807) is 0 Å². The second-order valence-electron chi connectivity index (χ2n) is 6.67. The molecular formula is C21H15F4N5. The van der Waals surface area contributed by atoms with Crippen LogP contribution in [0.15, 0.2) is 73.2 Å². The summed E-state index contributed by atoms with van der Waals surface area (Å²) in [7, 11) is 0. The Morgan fingerprint density at radius 2 is 1.73 bits per heavy atom. The van der Waals surface area contributed by atoms with Crippen LogP contribution in [-0.4, -0.2) is 25.2 Å². The Labute approximate surface area is 169 Å². The number of pyridine rings is 1. The molecule has 2 heterocycles. The van der Waals surface area contributed by atoms with Crippen molar-refractivity contribution in [3.8, 4) is 11.1 Å². The third-order valence-electron chi connectivity index (χ3n) is 4.75. The summed E-state index contributed by atoms with van der Waals surface area (Å²) in [6.07, 6.45) is 2.49. The highest BCUT2D eigenvalue weighted by atomic mass is 19.3. The molecule has 9 heteroatoms. The molecule has 0 saturated carbocycles. The highest BCUT2D eigenvalue weighted by Crippen LogP contribution is 2.43. The van der Waals surface area contributed by atoms with E-state index < -0.39 is 35.7 Å². The van der Waals surface area contributed by atoms with Gasteiger partial charge in [-0.2, -0.15) is 8.78 Å². The summed E-state index contributed by atoms with van der Waals surface area (Å²) in [4.78, 5) is 3.94. The van der Waals surface area contributed by atoms with Gasteiger partial charge in [-0.3, -0.25) is 4.98 Å². The van der Waals surface area contributed by atoms with E-state index in [2.05, 4.69) is 20.5 Å². The van der Waals surface area contributed by atoms with Gasteiger partial charge in [-0.25, -0.2) is 13.5 Å². The lowest BCUT2D eigenvalue weighted by molar-refractivity contribution is -0.0455. The lowest BCUT2D eigenvalue weighted by atomic mass is 9.89. The molecule has 0 bridgehead atoms. The minimum atomic E-state index is -3.58. The van der Waals surface area contributed by atoms with Crippen LogP contribution in [0, 0.1) is 11.6 Å². The number of tetrazole rings is 1. The number of rotatable bonds is 6. The van der Waals surface area contributed by atoms with Gasteiger partial charge in [0.1, 0.15) is 23.7 Å². The zero-order valence-electron chi connectivity index (χ0n) is 15.5. The van der Waals surface area contributed by atoms with Crippen molar-refractivity contribution < 1.29 is 17.6 Å². The molecular weight excluding hydrogens is 398 g/mol. The fourth-order valence-electron chi connectivity index (χ4n) is 3.21. The molecule has 2 aromatic carbocycles. The van der Waals surface area contributed by atoms with Crippen LogP contribution in [0.4, 0.5) is 17.6 Å². The summed E-state index contributed by atoms with van der Waals surface area (Å²) >= 11 is 0. The second-order valence-corrected chi connectivity index (χ2v) is 6.67. The Hall–Kier alpha value is -3.62. The summed E-state index contributed by atoms with van der Waals surface area (Å²) < 4.78 is 59.8. The number of halogens is 4. The van der Waals surface area contributed by atoms with Gasteiger partial charge in [-0.1, -0.05) is 42.5 Å². The molecule has 2 aromatic heterocycles. The van der Waals surface area contributed by atoms with Crippen LogP contribution in [0.3, 0.4) is 0 Å². The maximum absolute atomic E-state index is 15.5. The number of benzene rings is 2. The summed E-state index contributed by atoms with van der Waals surface area (Å²) in [6.45, 7) is -0.426. The molecule has 0 fully saturated rings. The van der Waals surface area contributed by atoms with E-state index in [0.29, 0.717) is 11.6 Å². The molecule has 30 heavy (non-hydrogen) atoms. The molecule has 152 valence electrons. The number of hydrogen-bond donors (Lipinski definition) is 0. The SMILES string of the molecule is Fc1ccc(C(Cn2cnnn2)C(F)(F)c2ccc(-c3ccccc3)cn2)c(F)c1. The lowest BCUT2D eigenvalue weighted by Crippen LogP contribution is -2.30. The molecule has 0 radical (unpaired) electrons. The Bertz CT molecular complexity index is 1120. The van der Waals surface area contributed by atoms with Crippen molar-refractivity contribution in [1.82, 2.24) is 25.2 Å². The standard InChI is InChI=1S/C21H15F4N5/c22-16-7-8-17(19(23)10-16)18(12-30-13-27-28-29-30)21(24,25)20-9-6-15(11-26-20)14-4-2-1-3-5-14/h1-11,13,18H,12H2. The highest BCUT2D eigenvalue weighted by molar-refractivity contribution is 5.62. The lowest BCUT2D eigenvalue weighted by Gasteiger charge is -2.27. The largest absolute Gasteiger partial charge is 0.298 e. The van der Waals surface area contributed by atoms with E-state index in [9.17, 15) is 8.78 Å². The molecule has 0 aliphatic heterocycles. The molecule has 0 aliphatic rings. The average molecular weight is 413 g/mol. The Morgan fingerprint density at radius 1 is 0.933 bits per heavy atom. The molecule has 5 nitrogen and oxygen atoms in total. The maximum Gasteiger partial charge on any atom is 0.298 e. The van der Waals surface area contributed by atoms with Gasteiger partial charge in [0.25, 0.3) is 5.92 Å². The van der Waals surface area contributed by atoms with Gasteiger partial charge in [0.15, 0.2) is 0 Å². The minimum Gasteiger partial charge on any atom is -0.254 e. The van der Waals surface area contributed by atoms with E-state index >= 15 is 8.78 Å². The molecule has 0 N–H and O–H groups in total. The number of hydrogen-bond acceptors (Lipinski definition) is 4. The van der Waals surface area contributed by atoms with Crippen LogP contribution in [0.5, 0.6) is 0 Å². The van der Waals surface area contributed by atoms with E-state index in [0.717, 1.165) is 28.7 Å². The normalized spacial score (nSPS) is 12.7. The van der Waals surface area contributed by atoms with Gasteiger partial charge in [0.05, 0.1) is 12.5 Å². The quantitative estimate of drug-likeness (QED) is 0.434. The number of nitrogens with zero attached hydrogens (tertiary/aromatic N) is 5. The zero-order chi connectivity index (χ0) is 21.1. The van der Waals surface area contributed by atoms with E-state index in [4.69, 9.17) is 0 Å². The van der Waals surface area contributed by atoms with Gasteiger partial charge in [0.2, 0.25) is 0 Å². The van der Waals surface area contributed by atoms with Crippen molar-refractivity contribution in [3.05, 3.63) is 96.1 Å². The van der Waals surface area contributed by atoms with Crippen LogP contribution >= 0.6 is 0 Å². The molecule has 4 aromatic rings. The predicted molar refractivity (Wildman–Crippen MR) is 100 cm³/mol. The van der Waals surface area contributed by atoms with Crippen molar-refractivity contribution in [2.24, 2.45) is 0 Å². The Kier molecular flexibility index (Phi) is 5.26. The molecule has 0 aliphatic carbocycles. The molecule has 1 atom stereocenters.